The van der Waals surface area contributed by atoms with Crippen molar-refractivity contribution in [1.82, 2.24) is 9.97 Å². The third-order valence-corrected chi connectivity index (χ3v) is 3.79. The number of nitrogens with zero attached hydrogens (tertiary/aromatic N) is 2. The highest BCUT2D eigenvalue weighted by molar-refractivity contribution is 9.10. The smallest absolute Gasteiger partial charge is 0.224 e. The van der Waals surface area contributed by atoms with E-state index in [-0.39, 0.29) is 11.6 Å². The molecule has 8 heteroatoms. The first-order valence-electron chi connectivity index (χ1n) is 6.64. The summed E-state index contributed by atoms with van der Waals surface area (Å²) in [6.45, 7) is 1.42. The Morgan fingerprint density at radius 1 is 1.27 bits per heavy atom. The molecular weight excluding hydrogens is 374 g/mol. The standard InChI is InChI=1S/C14H17BrClN3O3/c1-20-11(21-2)8-22-7-6-17-13-12-9(15)4-3-5-10(12)18-14(16)19-13/h3-5,11H,6-8H2,1-2H3,(H,17,18,19). The van der Waals surface area contributed by atoms with E-state index in [2.05, 4.69) is 31.2 Å². The molecule has 0 amide bonds. The largest absolute Gasteiger partial charge is 0.374 e. The van der Waals surface area contributed by atoms with Crippen molar-refractivity contribution in [2.75, 3.05) is 39.3 Å². The first-order chi connectivity index (χ1) is 10.7. The van der Waals surface area contributed by atoms with E-state index >= 15 is 0 Å². The fraction of sp³-hybridized carbons (Fsp3) is 0.429. The summed E-state index contributed by atoms with van der Waals surface area (Å²) < 4.78 is 16.5. The van der Waals surface area contributed by atoms with Crippen LogP contribution in [0.15, 0.2) is 22.7 Å². The van der Waals surface area contributed by atoms with E-state index < -0.39 is 0 Å². The number of nitrogens with one attached hydrogen (secondary N) is 1. The number of hydrogen-bond donors (Lipinski definition) is 1. The van der Waals surface area contributed by atoms with Gasteiger partial charge in [0, 0.05) is 25.2 Å². The summed E-state index contributed by atoms with van der Waals surface area (Å²) in [5.41, 5.74) is 0.775. The van der Waals surface area contributed by atoms with E-state index in [0.717, 1.165) is 15.4 Å². The third-order valence-electron chi connectivity index (χ3n) is 2.96. The second kappa shape index (κ2) is 8.59. The Hall–Kier alpha value is -0.990. The van der Waals surface area contributed by atoms with Crippen LogP contribution in [0.4, 0.5) is 5.82 Å². The Balaban J connectivity index is 1.97. The number of methoxy groups -OCH3 is 2. The van der Waals surface area contributed by atoms with E-state index in [9.17, 15) is 0 Å². The minimum Gasteiger partial charge on any atom is -0.374 e. The van der Waals surface area contributed by atoms with Gasteiger partial charge in [0.1, 0.15) is 5.82 Å². The molecule has 0 unspecified atom stereocenters. The molecule has 0 aliphatic heterocycles. The molecule has 1 N–H and O–H groups in total. The van der Waals surface area contributed by atoms with Crippen LogP contribution in [-0.2, 0) is 14.2 Å². The van der Waals surface area contributed by atoms with Gasteiger partial charge in [-0.3, -0.25) is 0 Å². The molecule has 2 aromatic rings. The lowest BCUT2D eigenvalue weighted by Crippen LogP contribution is -2.22. The lowest BCUT2D eigenvalue weighted by atomic mass is 10.2. The van der Waals surface area contributed by atoms with Crippen molar-refractivity contribution in [3.05, 3.63) is 28.0 Å². The van der Waals surface area contributed by atoms with E-state index in [1.54, 1.807) is 14.2 Å². The van der Waals surface area contributed by atoms with E-state index in [0.29, 0.717) is 25.6 Å². The monoisotopic (exact) mass is 389 g/mol. The quantitative estimate of drug-likeness (QED) is 0.424. The molecule has 1 aromatic carbocycles. The van der Waals surface area contributed by atoms with Crippen LogP contribution in [0, 0.1) is 0 Å². The molecule has 1 aromatic heterocycles. The highest BCUT2D eigenvalue weighted by atomic mass is 79.9. The predicted molar refractivity (Wildman–Crippen MR) is 89.4 cm³/mol. The molecule has 1 heterocycles. The Kier molecular flexibility index (Phi) is 6.78. The fourth-order valence-corrected chi connectivity index (χ4v) is 2.61. The van der Waals surface area contributed by atoms with Gasteiger partial charge in [-0.05, 0) is 39.7 Å². The Morgan fingerprint density at radius 2 is 2.05 bits per heavy atom. The Morgan fingerprint density at radius 3 is 2.77 bits per heavy atom. The normalized spacial score (nSPS) is 11.3. The van der Waals surface area contributed by atoms with E-state index in [1.807, 2.05) is 18.2 Å². The first kappa shape index (κ1) is 17.4. The van der Waals surface area contributed by atoms with Crippen LogP contribution in [0.25, 0.3) is 10.9 Å². The van der Waals surface area contributed by atoms with Crippen molar-refractivity contribution in [3.8, 4) is 0 Å². The summed E-state index contributed by atoms with van der Waals surface area (Å²) in [5.74, 6) is 0.668. The second-order valence-electron chi connectivity index (χ2n) is 4.38. The van der Waals surface area contributed by atoms with Gasteiger partial charge >= 0.3 is 0 Å². The molecule has 0 bridgehead atoms. The average molecular weight is 391 g/mol. The number of benzene rings is 1. The highest BCUT2D eigenvalue weighted by Gasteiger charge is 2.10. The molecule has 0 aliphatic carbocycles. The van der Waals surface area contributed by atoms with E-state index in [1.165, 1.54) is 0 Å². The minimum absolute atomic E-state index is 0.202. The minimum atomic E-state index is -0.358. The number of fused-ring (bicyclic) bond motifs is 1. The number of aromatic nitrogens is 2. The Bertz CT molecular complexity index is 626. The molecule has 6 nitrogen and oxygen atoms in total. The van der Waals surface area contributed by atoms with Crippen LogP contribution >= 0.6 is 27.5 Å². The zero-order valence-corrected chi connectivity index (χ0v) is 14.6. The van der Waals surface area contributed by atoms with Crippen LogP contribution in [0.1, 0.15) is 0 Å². The van der Waals surface area contributed by atoms with Gasteiger partial charge < -0.3 is 19.5 Å². The van der Waals surface area contributed by atoms with Gasteiger partial charge in [0.2, 0.25) is 5.28 Å². The molecule has 22 heavy (non-hydrogen) atoms. The molecule has 2 rings (SSSR count). The van der Waals surface area contributed by atoms with Gasteiger partial charge in [0.15, 0.2) is 6.29 Å². The number of hydrogen-bond acceptors (Lipinski definition) is 6. The van der Waals surface area contributed by atoms with Crippen molar-refractivity contribution in [3.63, 3.8) is 0 Å². The van der Waals surface area contributed by atoms with Gasteiger partial charge in [-0.2, -0.15) is 0 Å². The third kappa shape index (κ3) is 4.50. The van der Waals surface area contributed by atoms with Crippen molar-refractivity contribution in [2.45, 2.75) is 6.29 Å². The van der Waals surface area contributed by atoms with Crippen LogP contribution in [0.3, 0.4) is 0 Å². The van der Waals surface area contributed by atoms with Crippen molar-refractivity contribution in [2.24, 2.45) is 0 Å². The van der Waals surface area contributed by atoms with Gasteiger partial charge in [-0.15, -0.1) is 0 Å². The molecule has 0 saturated heterocycles. The van der Waals surface area contributed by atoms with Gasteiger partial charge in [0.05, 0.1) is 24.1 Å². The summed E-state index contributed by atoms with van der Waals surface area (Å²) in [7, 11) is 3.14. The van der Waals surface area contributed by atoms with Gasteiger partial charge in [0.25, 0.3) is 0 Å². The predicted octanol–water partition coefficient (Wildman–Crippen LogP) is 3.09. The molecule has 0 spiro atoms. The van der Waals surface area contributed by atoms with Crippen molar-refractivity contribution < 1.29 is 14.2 Å². The summed E-state index contributed by atoms with van der Waals surface area (Å²) in [5, 5.41) is 4.30. The molecule has 120 valence electrons. The summed E-state index contributed by atoms with van der Waals surface area (Å²) >= 11 is 9.46. The van der Waals surface area contributed by atoms with Crippen molar-refractivity contribution >= 4 is 44.3 Å². The van der Waals surface area contributed by atoms with Gasteiger partial charge in [-0.25, -0.2) is 9.97 Å². The van der Waals surface area contributed by atoms with Crippen LogP contribution in [-0.4, -0.2) is 50.2 Å². The molecule has 0 atom stereocenters. The summed E-state index contributed by atoms with van der Waals surface area (Å²) in [6, 6.07) is 5.72. The lowest BCUT2D eigenvalue weighted by molar-refractivity contribution is -0.139. The van der Waals surface area contributed by atoms with Crippen LogP contribution in [0.5, 0.6) is 0 Å². The zero-order valence-electron chi connectivity index (χ0n) is 12.3. The maximum atomic E-state index is 5.95. The number of ether oxygens (including phenoxy) is 3. The van der Waals surface area contributed by atoms with Crippen LogP contribution in [0.2, 0.25) is 5.28 Å². The number of halogens is 2. The molecule has 0 saturated carbocycles. The highest BCUT2D eigenvalue weighted by Crippen LogP contribution is 2.29. The zero-order chi connectivity index (χ0) is 15.9. The molecule has 0 radical (unpaired) electrons. The maximum absolute atomic E-state index is 5.95. The molecule has 0 fully saturated rings. The van der Waals surface area contributed by atoms with Gasteiger partial charge in [-0.1, -0.05) is 6.07 Å². The van der Waals surface area contributed by atoms with Crippen LogP contribution < -0.4 is 5.32 Å². The molecule has 0 aliphatic rings. The Labute approximate surface area is 142 Å². The summed E-state index contributed by atoms with van der Waals surface area (Å²) in [6.07, 6.45) is -0.358. The SMILES string of the molecule is COC(COCCNc1nc(Cl)nc2cccc(Br)c12)OC. The molecular formula is C14H17BrClN3O3. The fourth-order valence-electron chi connectivity index (χ4n) is 1.89. The van der Waals surface area contributed by atoms with Crippen molar-refractivity contribution in [1.29, 1.82) is 0 Å². The lowest BCUT2D eigenvalue weighted by Gasteiger charge is -2.14. The number of anilines is 1. The summed E-state index contributed by atoms with van der Waals surface area (Å²) in [4.78, 5) is 8.44. The average Bonchev–Trinajstić information content (AvgIpc) is 2.50. The first-order valence-corrected chi connectivity index (χ1v) is 7.81. The topological polar surface area (TPSA) is 65.5 Å². The second-order valence-corrected chi connectivity index (χ2v) is 5.57. The maximum Gasteiger partial charge on any atom is 0.224 e. The number of rotatable bonds is 8. The van der Waals surface area contributed by atoms with E-state index in [4.69, 9.17) is 25.8 Å².